The normalized spacial score (nSPS) is 14.7. The van der Waals surface area contributed by atoms with Crippen molar-refractivity contribution in [3.05, 3.63) is 29.3 Å². The molecule has 3 N–H and O–H groups in total. The van der Waals surface area contributed by atoms with E-state index in [2.05, 4.69) is 0 Å². The molecule has 1 saturated carbocycles. The lowest BCUT2D eigenvalue weighted by Gasteiger charge is -2.22. The van der Waals surface area contributed by atoms with Gasteiger partial charge in [-0.25, -0.2) is 0 Å². The van der Waals surface area contributed by atoms with Crippen LogP contribution < -0.4 is 5.73 Å². The van der Waals surface area contributed by atoms with Crippen LogP contribution in [0, 0.1) is 6.92 Å². The molecule has 1 aliphatic rings. The molecule has 1 fully saturated rings. The molecule has 0 bridgehead atoms. The summed E-state index contributed by atoms with van der Waals surface area (Å²) in [5.74, 6) is -0.0219. The van der Waals surface area contributed by atoms with E-state index in [0.717, 1.165) is 18.4 Å². The van der Waals surface area contributed by atoms with Crippen molar-refractivity contribution in [1.82, 2.24) is 4.90 Å². The lowest BCUT2D eigenvalue weighted by Crippen LogP contribution is -2.35. The minimum Gasteiger partial charge on any atom is -0.399 e. The van der Waals surface area contributed by atoms with Gasteiger partial charge in [-0.05, 0) is 37.5 Å². The Hall–Kier alpha value is -1.55. The van der Waals surface area contributed by atoms with Crippen LogP contribution in [0.2, 0.25) is 0 Å². The van der Waals surface area contributed by atoms with Crippen LogP contribution in [0.4, 0.5) is 5.69 Å². The number of carbonyl (C=O) groups is 1. The molecule has 0 saturated heterocycles. The number of hydrogen-bond donors (Lipinski definition) is 2. The van der Waals surface area contributed by atoms with Crippen molar-refractivity contribution >= 4 is 11.6 Å². The predicted molar refractivity (Wildman–Crippen MR) is 66.7 cm³/mol. The third-order valence-electron chi connectivity index (χ3n) is 3.08. The fraction of sp³-hybridized carbons (Fsp3) is 0.462. The number of anilines is 1. The van der Waals surface area contributed by atoms with Crippen molar-refractivity contribution in [2.45, 2.75) is 25.8 Å². The molecule has 2 rings (SSSR count). The van der Waals surface area contributed by atoms with Gasteiger partial charge in [0.1, 0.15) is 0 Å². The number of nitrogens with two attached hydrogens (primary N) is 1. The van der Waals surface area contributed by atoms with Crippen molar-refractivity contribution in [2.75, 3.05) is 18.9 Å². The van der Waals surface area contributed by atoms with Crippen LogP contribution in [0.25, 0.3) is 0 Å². The summed E-state index contributed by atoms with van der Waals surface area (Å²) in [6, 6.07) is 5.66. The Kier molecular flexibility index (Phi) is 3.33. The number of aryl methyl sites for hydroxylation is 1. The van der Waals surface area contributed by atoms with Gasteiger partial charge in [-0.3, -0.25) is 4.79 Å². The van der Waals surface area contributed by atoms with Gasteiger partial charge in [0.05, 0.1) is 6.61 Å². The van der Waals surface area contributed by atoms with Gasteiger partial charge in [-0.2, -0.15) is 0 Å². The van der Waals surface area contributed by atoms with Gasteiger partial charge < -0.3 is 15.7 Å². The summed E-state index contributed by atoms with van der Waals surface area (Å²) in [7, 11) is 0. The number of nitrogen functional groups attached to an aromatic ring is 1. The largest absolute Gasteiger partial charge is 0.399 e. The molecule has 4 nitrogen and oxygen atoms in total. The highest BCUT2D eigenvalue weighted by atomic mass is 16.3. The highest BCUT2D eigenvalue weighted by Crippen LogP contribution is 2.28. The van der Waals surface area contributed by atoms with Gasteiger partial charge in [0.2, 0.25) is 0 Å². The first kappa shape index (κ1) is 11.9. The monoisotopic (exact) mass is 234 g/mol. The summed E-state index contributed by atoms with van der Waals surface area (Å²) in [6.45, 7) is 2.30. The second-order valence-corrected chi connectivity index (χ2v) is 4.53. The van der Waals surface area contributed by atoms with E-state index in [9.17, 15) is 4.79 Å². The summed E-state index contributed by atoms with van der Waals surface area (Å²) in [5, 5.41) is 9.01. The van der Waals surface area contributed by atoms with Gasteiger partial charge in [0.25, 0.3) is 5.91 Å². The van der Waals surface area contributed by atoms with Crippen LogP contribution in [0.1, 0.15) is 28.8 Å². The fourth-order valence-corrected chi connectivity index (χ4v) is 1.97. The number of nitrogens with zero attached hydrogens (tertiary/aromatic N) is 1. The minimum atomic E-state index is -0.0219. The van der Waals surface area contributed by atoms with Gasteiger partial charge in [0.15, 0.2) is 0 Å². The number of hydrogen-bond acceptors (Lipinski definition) is 3. The topological polar surface area (TPSA) is 66.6 Å². The molecule has 0 aromatic heterocycles. The quantitative estimate of drug-likeness (QED) is 0.769. The Morgan fingerprint density at radius 2 is 2.24 bits per heavy atom. The Labute approximate surface area is 101 Å². The van der Waals surface area contributed by atoms with E-state index in [1.807, 2.05) is 13.0 Å². The second-order valence-electron chi connectivity index (χ2n) is 4.53. The molecule has 1 aromatic rings. The molecule has 0 aliphatic heterocycles. The number of aliphatic hydroxyl groups excluding tert-OH is 1. The zero-order valence-electron chi connectivity index (χ0n) is 10.0. The van der Waals surface area contributed by atoms with Crippen molar-refractivity contribution in [1.29, 1.82) is 0 Å². The lowest BCUT2D eigenvalue weighted by atomic mass is 10.1. The summed E-state index contributed by atoms with van der Waals surface area (Å²) in [6.07, 6.45) is 2.07. The highest BCUT2D eigenvalue weighted by Gasteiger charge is 2.33. The second kappa shape index (κ2) is 4.75. The van der Waals surface area contributed by atoms with Crippen LogP contribution in [-0.4, -0.2) is 35.1 Å². The van der Waals surface area contributed by atoms with E-state index in [1.54, 1.807) is 17.0 Å². The van der Waals surface area contributed by atoms with Crippen LogP contribution >= 0.6 is 0 Å². The minimum absolute atomic E-state index is 0.00357. The SMILES string of the molecule is Cc1ccc(N)cc1C(=O)N(CCO)C1CC1. The van der Waals surface area contributed by atoms with Crippen molar-refractivity contribution in [2.24, 2.45) is 0 Å². The molecule has 1 aromatic carbocycles. The molecule has 0 radical (unpaired) electrons. The summed E-state index contributed by atoms with van der Waals surface area (Å²) < 4.78 is 0. The standard InChI is InChI=1S/C13H18N2O2/c1-9-2-3-10(14)8-12(9)13(17)15(6-7-16)11-4-5-11/h2-3,8,11,16H,4-7,14H2,1H3. The molecule has 17 heavy (non-hydrogen) atoms. The third kappa shape index (κ3) is 2.58. The molecule has 0 atom stereocenters. The van der Waals surface area contributed by atoms with Gasteiger partial charge in [-0.1, -0.05) is 6.07 Å². The summed E-state index contributed by atoms with van der Waals surface area (Å²) in [4.78, 5) is 14.1. The molecular formula is C13H18N2O2. The van der Waals surface area contributed by atoms with Crippen molar-refractivity contribution < 1.29 is 9.90 Å². The number of aliphatic hydroxyl groups is 1. The van der Waals surface area contributed by atoms with E-state index in [-0.39, 0.29) is 12.5 Å². The van der Waals surface area contributed by atoms with Crippen molar-refractivity contribution in [3.63, 3.8) is 0 Å². The lowest BCUT2D eigenvalue weighted by molar-refractivity contribution is 0.0707. The number of benzene rings is 1. The molecule has 4 heteroatoms. The van der Waals surface area contributed by atoms with Crippen LogP contribution in [-0.2, 0) is 0 Å². The average molecular weight is 234 g/mol. The first-order valence-corrected chi connectivity index (χ1v) is 5.91. The predicted octanol–water partition coefficient (Wildman–Crippen LogP) is 1.17. The molecular weight excluding hydrogens is 216 g/mol. The average Bonchev–Trinajstić information content (AvgIpc) is 3.12. The summed E-state index contributed by atoms with van der Waals surface area (Å²) >= 11 is 0. The third-order valence-corrected chi connectivity index (χ3v) is 3.08. The molecule has 1 aliphatic carbocycles. The van der Waals surface area contributed by atoms with Crippen LogP contribution in [0.3, 0.4) is 0 Å². The van der Waals surface area contributed by atoms with Gasteiger partial charge in [-0.15, -0.1) is 0 Å². The Morgan fingerprint density at radius 3 is 2.82 bits per heavy atom. The fourth-order valence-electron chi connectivity index (χ4n) is 1.97. The number of rotatable bonds is 4. The van der Waals surface area contributed by atoms with Gasteiger partial charge in [0, 0.05) is 23.8 Å². The van der Waals surface area contributed by atoms with Crippen molar-refractivity contribution in [3.8, 4) is 0 Å². The maximum absolute atomic E-state index is 12.3. The zero-order chi connectivity index (χ0) is 12.4. The van der Waals surface area contributed by atoms with E-state index >= 15 is 0 Å². The molecule has 0 unspecified atom stereocenters. The first-order chi connectivity index (χ1) is 8.13. The molecule has 0 heterocycles. The van der Waals surface area contributed by atoms with Gasteiger partial charge >= 0.3 is 0 Å². The van der Waals surface area contributed by atoms with E-state index in [0.29, 0.717) is 23.8 Å². The molecule has 0 spiro atoms. The number of carbonyl (C=O) groups excluding carboxylic acids is 1. The Morgan fingerprint density at radius 1 is 1.53 bits per heavy atom. The Bertz CT molecular complexity index is 427. The Balaban J connectivity index is 2.24. The van der Waals surface area contributed by atoms with E-state index < -0.39 is 0 Å². The number of amides is 1. The maximum Gasteiger partial charge on any atom is 0.254 e. The smallest absolute Gasteiger partial charge is 0.254 e. The first-order valence-electron chi connectivity index (χ1n) is 5.91. The van der Waals surface area contributed by atoms with Crippen LogP contribution in [0.15, 0.2) is 18.2 Å². The highest BCUT2D eigenvalue weighted by molar-refractivity contribution is 5.96. The van der Waals surface area contributed by atoms with E-state index in [1.165, 1.54) is 0 Å². The summed E-state index contributed by atoms with van der Waals surface area (Å²) in [5.41, 5.74) is 7.87. The zero-order valence-corrected chi connectivity index (χ0v) is 10.0. The maximum atomic E-state index is 12.3. The molecule has 92 valence electrons. The van der Waals surface area contributed by atoms with Crippen LogP contribution in [0.5, 0.6) is 0 Å². The molecule has 1 amide bonds. The van der Waals surface area contributed by atoms with E-state index in [4.69, 9.17) is 10.8 Å².